The fraction of sp³-hybridized carbons (Fsp3) is 0.318. The van der Waals surface area contributed by atoms with E-state index in [0.717, 1.165) is 29.7 Å². The predicted octanol–water partition coefficient (Wildman–Crippen LogP) is 2.33. The summed E-state index contributed by atoms with van der Waals surface area (Å²) in [6, 6.07) is 9.97. The van der Waals surface area contributed by atoms with E-state index in [1.165, 1.54) is 12.7 Å². The molecule has 0 amide bonds. The summed E-state index contributed by atoms with van der Waals surface area (Å²) >= 11 is 0. The van der Waals surface area contributed by atoms with Crippen LogP contribution in [0.1, 0.15) is 31.7 Å². The number of aliphatic imine (C=N–C) groups is 4. The van der Waals surface area contributed by atoms with E-state index in [-0.39, 0.29) is 0 Å². The number of hydrogen-bond acceptors (Lipinski definition) is 9. The highest BCUT2D eigenvalue weighted by Gasteiger charge is 2.37. The maximum atomic E-state index is 6.29. The first-order chi connectivity index (χ1) is 15.4. The van der Waals surface area contributed by atoms with Crippen LogP contribution in [0.5, 0.6) is 0 Å². The zero-order chi connectivity index (χ0) is 22.6. The number of fused-ring (bicyclic) bond motifs is 2. The summed E-state index contributed by atoms with van der Waals surface area (Å²) in [5, 5.41) is 0. The molecule has 4 heterocycles. The van der Waals surface area contributed by atoms with Crippen LogP contribution in [0, 0.1) is 5.92 Å². The molecule has 3 aromatic rings. The van der Waals surface area contributed by atoms with Crippen LogP contribution in [0.3, 0.4) is 0 Å². The van der Waals surface area contributed by atoms with Crippen LogP contribution in [0.4, 0.5) is 5.82 Å². The molecule has 1 aromatic carbocycles. The van der Waals surface area contributed by atoms with Crippen LogP contribution in [0.15, 0.2) is 56.6 Å². The van der Waals surface area contributed by atoms with E-state index in [1.54, 1.807) is 6.33 Å². The Balaban J connectivity index is 0.000000155. The molecule has 5 rings (SSSR count). The Morgan fingerprint density at radius 3 is 2.66 bits per heavy atom. The minimum Gasteiger partial charge on any atom is -0.382 e. The van der Waals surface area contributed by atoms with Crippen LogP contribution >= 0.6 is 0 Å². The number of nitrogens with two attached hydrogens (primary N) is 2. The average molecular weight is 431 g/mol. The van der Waals surface area contributed by atoms with Gasteiger partial charge in [-0.2, -0.15) is 0 Å². The maximum Gasteiger partial charge on any atom is 0.183 e. The summed E-state index contributed by atoms with van der Waals surface area (Å²) in [6.07, 6.45) is 7.02. The van der Waals surface area contributed by atoms with Gasteiger partial charge in [-0.3, -0.25) is 0 Å². The summed E-state index contributed by atoms with van der Waals surface area (Å²) in [4.78, 5) is 32.1. The van der Waals surface area contributed by atoms with Crippen molar-refractivity contribution in [3.63, 3.8) is 0 Å². The molecule has 0 saturated heterocycles. The van der Waals surface area contributed by atoms with Gasteiger partial charge in [0.25, 0.3) is 0 Å². The Morgan fingerprint density at radius 1 is 1.06 bits per heavy atom. The van der Waals surface area contributed by atoms with Gasteiger partial charge in [0.2, 0.25) is 0 Å². The summed E-state index contributed by atoms with van der Waals surface area (Å²) in [6.45, 7) is 4.35. The molecular formula is C22H26N10. The molecule has 164 valence electrons. The quantitative estimate of drug-likeness (QED) is 0.566. The number of hydrogen-bond donors (Lipinski definition) is 3. The van der Waals surface area contributed by atoms with Gasteiger partial charge in [0.15, 0.2) is 23.0 Å². The number of nitrogens with one attached hydrogen (secondary N) is 1. The van der Waals surface area contributed by atoms with E-state index in [1.807, 2.05) is 30.3 Å². The summed E-state index contributed by atoms with van der Waals surface area (Å²) in [7, 11) is 0. The molecule has 0 radical (unpaired) electrons. The number of imidazole rings is 1. The number of aromatic nitrogens is 4. The Kier molecular flexibility index (Phi) is 6.13. The van der Waals surface area contributed by atoms with Gasteiger partial charge in [-0.15, -0.1) is 0 Å². The monoisotopic (exact) mass is 430 g/mol. The molecule has 0 fully saturated rings. The third-order valence-electron chi connectivity index (χ3n) is 5.08. The van der Waals surface area contributed by atoms with Gasteiger partial charge in [-0.25, -0.2) is 34.9 Å². The van der Waals surface area contributed by atoms with Gasteiger partial charge >= 0.3 is 0 Å². The third kappa shape index (κ3) is 4.75. The molecule has 5 N–H and O–H groups in total. The van der Waals surface area contributed by atoms with Crippen molar-refractivity contribution >= 4 is 41.2 Å². The number of rotatable bonds is 5. The highest BCUT2D eigenvalue weighted by molar-refractivity contribution is 6.50. The van der Waals surface area contributed by atoms with Crippen molar-refractivity contribution in [1.82, 2.24) is 19.9 Å². The first-order valence-electron chi connectivity index (χ1n) is 10.5. The van der Waals surface area contributed by atoms with Crippen LogP contribution in [0.25, 0.3) is 11.2 Å². The predicted molar refractivity (Wildman–Crippen MR) is 128 cm³/mol. The summed E-state index contributed by atoms with van der Waals surface area (Å²) in [5.74, 6) is 2.47. The molecule has 0 spiro atoms. The highest BCUT2D eigenvalue weighted by Crippen LogP contribution is 2.20. The van der Waals surface area contributed by atoms with Crippen LogP contribution in [0.2, 0.25) is 0 Å². The lowest BCUT2D eigenvalue weighted by atomic mass is 9.95. The van der Waals surface area contributed by atoms with Gasteiger partial charge in [-0.1, -0.05) is 44.2 Å². The van der Waals surface area contributed by atoms with Crippen molar-refractivity contribution in [1.29, 1.82) is 0 Å². The Bertz CT molecular complexity index is 1210. The van der Waals surface area contributed by atoms with E-state index in [9.17, 15) is 0 Å². The molecule has 0 saturated carbocycles. The number of aromatic amines is 1. The second-order valence-corrected chi connectivity index (χ2v) is 8.06. The smallest absolute Gasteiger partial charge is 0.183 e. The van der Waals surface area contributed by atoms with E-state index in [4.69, 9.17) is 11.5 Å². The van der Waals surface area contributed by atoms with Crippen LogP contribution in [-0.4, -0.2) is 49.8 Å². The number of anilines is 1. The van der Waals surface area contributed by atoms with Crippen LogP contribution in [-0.2, 0) is 12.8 Å². The lowest BCUT2D eigenvalue weighted by Gasteiger charge is -2.26. The maximum absolute atomic E-state index is 6.29. The SMILES string of the molecule is CC(C)CCc1nc(N)c2[nH]cnc2n1.NC1(Cc2ccccc2)N=CN=C2N=CN=C21. The van der Waals surface area contributed by atoms with Crippen molar-refractivity contribution in [2.75, 3.05) is 5.73 Å². The van der Waals surface area contributed by atoms with Gasteiger partial charge < -0.3 is 16.5 Å². The van der Waals surface area contributed by atoms with Crippen LogP contribution < -0.4 is 11.5 Å². The van der Waals surface area contributed by atoms with E-state index in [0.29, 0.717) is 35.4 Å². The number of aryl methyl sites for hydroxylation is 1. The molecule has 2 aromatic heterocycles. The Hall–Kier alpha value is -3.79. The molecule has 10 heteroatoms. The molecule has 10 nitrogen and oxygen atoms in total. The van der Waals surface area contributed by atoms with Gasteiger partial charge in [0, 0.05) is 12.8 Å². The van der Waals surface area contributed by atoms with Gasteiger partial charge in [0.05, 0.1) is 6.33 Å². The zero-order valence-corrected chi connectivity index (χ0v) is 18.1. The molecule has 0 aliphatic carbocycles. The molecule has 2 aliphatic rings. The zero-order valence-electron chi connectivity index (χ0n) is 18.1. The van der Waals surface area contributed by atoms with Crippen molar-refractivity contribution in [3.8, 4) is 0 Å². The fourth-order valence-electron chi connectivity index (χ4n) is 3.38. The minimum atomic E-state index is -0.852. The number of benzene rings is 1. The Morgan fingerprint density at radius 2 is 1.88 bits per heavy atom. The number of H-pyrrole nitrogens is 1. The van der Waals surface area contributed by atoms with Crippen molar-refractivity contribution in [2.45, 2.75) is 38.8 Å². The number of amidine groups is 1. The fourth-order valence-corrected chi connectivity index (χ4v) is 3.38. The first-order valence-corrected chi connectivity index (χ1v) is 10.5. The highest BCUT2D eigenvalue weighted by atomic mass is 15.2. The van der Waals surface area contributed by atoms with E-state index >= 15 is 0 Å². The third-order valence-corrected chi connectivity index (χ3v) is 5.08. The van der Waals surface area contributed by atoms with Gasteiger partial charge in [0.1, 0.15) is 29.7 Å². The number of nitrogen functional groups attached to an aromatic ring is 1. The number of nitrogens with zero attached hydrogens (tertiary/aromatic N) is 7. The lowest BCUT2D eigenvalue weighted by molar-refractivity contribution is 0.576. The van der Waals surface area contributed by atoms with Gasteiger partial charge in [-0.05, 0) is 17.9 Å². The second kappa shape index (κ2) is 9.15. The molecular weight excluding hydrogens is 404 g/mol. The first kappa shape index (κ1) is 21.4. The second-order valence-electron chi connectivity index (χ2n) is 8.06. The van der Waals surface area contributed by atoms with Crippen molar-refractivity contribution in [2.24, 2.45) is 31.6 Å². The Labute approximate surface area is 185 Å². The standard InChI is InChI=1S/C12H11N5.C10H15N5/c13-12(6-9-4-2-1-3-5-9)10-11(15-7-14-10)16-8-17-12;1-6(2)3-4-7-14-9(11)8-10(15-7)13-5-12-8/h1-5,7-8H,6,13H2;5-6H,3-4H2,1-2H3,(H3,11,12,13,14,15). The lowest BCUT2D eigenvalue weighted by Crippen LogP contribution is -2.52. The van der Waals surface area contributed by atoms with Crippen molar-refractivity contribution < 1.29 is 0 Å². The topological polar surface area (TPSA) is 156 Å². The molecule has 1 atom stereocenters. The minimum absolute atomic E-state index is 0.483. The summed E-state index contributed by atoms with van der Waals surface area (Å²) < 4.78 is 0. The molecule has 32 heavy (non-hydrogen) atoms. The normalized spacial score (nSPS) is 18.9. The van der Waals surface area contributed by atoms with E-state index in [2.05, 4.69) is 53.8 Å². The molecule has 2 aliphatic heterocycles. The molecule has 1 unspecified atom stereocenters. The molecule has 0 bridgehead atoms. The average Bonchev–Trinajstić information content (AvgIpc) is 3.44. The van der Waals surface area contributed by atoms with E-state index < -0.39 is 5.66 Å². The van der Waals surface area contributed by atoms with Crippen molar-refractivity contribution in [3.05, 3.63) is 48.0 Å². The summed E-state index contributed by atoms with van der Waals surface area (Å²) in [5.41, 5.74) is 14.4. The largest absolute Gasteiger partial charge is 0.382 e.